The Morgan fingerprint density at radius 2 is 1.88 bits per heavy atom. The number of methoxy groups -OCH3 is 1. The number of anilines is 2. The highest BCUT2D eigenvalue weighted by Gasteiger charge is 2.25. The fraction of sp³-hybridized carbons (Fsp3) is 0.409. The molecule has 1 aliphatic carbocycles. The first-order chi connectivity index (χ1) is 16.5. The minimum absolute atomic E-state index is 0.0567. The number of alkyl halides is 2. The van der Waals surface area contributed by atoms with Crippen molar-refractivity contribution in [2.24, 2.45) is 0 Å². The van der Waals surface area contributed by atoms with Crippen LogP contribution in [0.3, 0.4) is 0 Å². The molecular formula is C22H24F2N6O3S. The van der Waals surface area contributed by atoms with Crippen LogP contribution in [0, 0.1) is 0 Å². The second-order valence-electron chi connectivity index (χ2n) is 7.81. The van der Waals surface area contributed by atoms with Crippen LogP contribution in [0.2, 0.25) is 0 Å². The zero-order valence-electron chi connectivity index (χ0n) is 18.4. The van der Waals surface area contributed by atoms with Crippen molar-refractivity contribution in [3.05, 3.63) is 53.9 Å². The van der Waals surface area contributed by atoms with Gasteiger partial charge in [0.1, 0.15) is 5.75 Å². The first-order valence-electron chi connectivity index (χ1n) is 10.8. The van der Waals surface area contributed by atoms with Crippen LogP contribution < -0.4 is 15.4 Å². The molecule has 1 aliphatic rings. The standard InChI is InChI=1S/C22H24F2N6O3S/c1-32-18(14-4-2-5-16(12-14)33-20(23)24)19(31)27-22-30-29-21(34-22)26-15-9-7-13(8-10-15)17-6-3-11-25-28-17/h2-6,11-13,15,18,20H,7-10H2,1H3,(H,26,29)(H,27,30,31)/t13-,15+,18?. The lowest BCUT2D eigenvalue weighted by Gasteiger charge is -2.28. The average Bonchev–Trinajstić information content (AvgIpc) is 3.27. The second-order valence-corrected chi connectivity index (χ2v) is 8.79. The molecule has 0 bridgehead atoms. The minimum atomic E-state index is -2.96. The highest BCUT2D eigenvalue weighted by atomic mass is 32.1. The number of hydrogen-bond donors (Lipinski definition) is 2. The van der Waals surface area contributed by atoms with Gasteiger partial charge in [-0.25, -0.2) is 0 Å². The smallest absolute Gasteiger partial charge is 0.387 e. The van der Waals surface area contributed by atoms with Gasteiger partial charge in [0.15, 0.2) is 6.10 Å². The molecule has 1 atom stereocenters. The fourth-order valence-electron chi connectivity index (χ4n) is 3.99. The van der Waals surface area contributed by atoms with E-state index in [2.05, 4.69) is 35.8 Å². The monoisotopic (exact) mass is 490 g/mol. The summed E-state index contributed by atoms with van der Waals surface area (Å²) in [4.78, 5) is 12.7. The van der Waals surface area contributed by atoms with Gasteiger partial charge in [-0.3, -0.25) is 10.1 Å². The maximum absolute atomic E-state index is 12.7. The zero-order valence-corrected chi connectivity index (χ0v) is 19.2. The summed E-state index contributed by atoms with van der Waals surface area (Å²) in [7, 11) is 1.36. The number of rotatable bonds is 9. The molecule has 3 aromatic rings. The van der Waals surface area contributed by atoms with E-state index in [1.54, 1.807) is 12.3 Å². The highest BCUT2D eigenvalue weighted by molar-refractivity contribution is 7.19. The third kappa shape index (κ3) is 6.20. The lowest BCUT2D eigenvalue weighted by molar-refractivity contribution is -0.126. The van der Waals surface area contributed by atoms with Gasteiger partial charge in [-0.15, -0.1) is 10.2 Å². The van der Waals surface area contributed by atoms with Crippen LogP contribution in [0.4, 0.5) is 19.0 Å². The van der Waals surface area contributed by atoms with Gasteiger partial charge in [-0.1, -0.05) is 23.5 Å². The number of hydrogen-bond acceptors (Lipinski definition) is 9. The molecule has 2 aromatic heterocycles. The molecule has 0 radical (unpaired) electrons. The van der Waals surface area contributed by atoms with Crippen molar-refractivity contribution < 1.29 is 23.0 Å². The van der Waals surface area contributed by atoms with Gasteiger partial charge in [-0.2, -0.15) is 19.0 Å². The van der Waals surface area contributed by atoms with E-state index in [1.807, 2.05) is 12.1 Å². The molecule has 0 saturated heterocycles. The van der Waals surface area contributed by atoms with E-state index in [0.29, 0.717) is 21.7 Å². The summed E-state index contributed by atoms with van der Waals surface area (Å²) in [5.41, 5.74) is 1.40. The van der Waals surface area contributed by atoms with E-state index in [4.69, 9.17) is 4.74 Å². The Morgan fingerprint density at radius 3 is 2.59 bits per heavy atom. The number of amides is 1. The Hall–Kier alpha value is -3.25. The van der Waals surface area contributed by atoms with Crippen LogP contribution in [0.25, 0.3) is 0 Å². The van der Waals surface area contributed by atoms with Gasteiger partial charge in [-0.05, 0) is 55.5 Å². The average molecular weight is 491 g/mol. The molecule has 12 heteroatoms. The fourth-order valence-corrected chi connectivity index (χ4v) is 4.71. The Kier molecular flexibility index (Phi) is 7.91. The molecule has 1 aromatic carbocycles. The van der Waals surface area contributed by atoms with Crippen LogP contribution in [-0.4, -0.2) is 46.1 Å². The van der Waals surface area contributed by atoms with Crippen molar-refractivity contribution in [1.29, 1.82) is 0 Å². The number of nitrogens with one attached hydrogen (secondary N) is 2. The molecule has 180 valence electrons. The summed E-state index contributed by atoms with van der Waals surface area (Å²) in [5, 5.41) is 23.3. The van der Waals surface area contributed by atoms with Crippen molar-refractivity contribution in [1.82, 2.24) is 20.4 Å². The third-order valence-electron chi connectivity index (χ3n) is 5.58. The summed E-state index contributed by atoms with van der Waals surface area (Å²) < 4.78 is 34.7. The van der Waals surface area contributed by atoms with E-state index in [0.717, 1.165) is 31.4 Å². The van der Waals surface area contributed by atoms with Crippen LogP contribution >= 0.6 is 11.3 Å². The number of ether oxygens (including phenoxy) is 2. The number of halogens is 2. The molecule has 1 fully saturated rings. The molecule has 1 saturated carbocycles. The molecule has 1 amide bonds. The van der Waals surface area contributed by atoms with Crippen LogP contribution in [-0.2, 0) is 9.53 Å². The van der Waals surface area contributed by atoms with Gasteiger partial charge in [0.2, 0.25) is 10.3 Å². The van der Waals surface area contributed by atoms with Crippen molar-refractivity contribution >= 4 is 27.5 Å². The van der Waals surface area contributed by atoms with Crippen molar-refractivity contribution in [2.45, 2.75) is 50.4 Å². The highest BCUT2D eigenvalue weighted by Crippen LogP contribution is 2.34. The Balaban J connectivity index is 1.31. The Labute approximate surface area is 198 Å². The van der Waals surface area contributed by atoms with E-state index in [-0.39, 0.29) is 11.8 Å². The molecule has 2 heterocycles. The topological polar surface area (TPSA) is 111 Å². The molecule has 1 unspecified atom stereocenters. The molecular weight excluding hydrogens is 466 g/mol. The maximum Gasteiger partial charge on any atom is 0.387 e. The second kappa shape index (κ2) is 11.3. The Morgan fingerprint density at radius 1 is 1.09 bits per heavy atom. The van der Waals surface area contributed by atoms with Gasteiger partial charge in [0, 0.05) is 25.3 Å². The Bertz CT molecular complexity index is 1080. The molecule has 0 spiro atoms. The van der Waals surface area contributed by atoms with Gasteiger partial charge in [0.05, 0.1) is 5.69 Å². The molecule has 4 rings (SSSR count). The minimum Gasteiger partial charge on any atom is -0.435 e. The number of aromatic nitrogens is 4. The number of carbonyl (C=O) groups excluding carboxylic acids is 1. The largest absolute Gasteiger partial charge is 0.435 e. The third-order valence-corrected chi connectivity index (χ3v) is 6.35. The summed E-state index contributed by atoms with van der Waals surface area (Å²) in [5.74, 6) is -0.144. The maximum atomic E-state index is 12.7. The van der Waals surface area contributed by atoms with Crippen molar-refractivity contribution in [2.75, 3.05) is 17.7 Å². The first-order valence-corrected chi connectivity index (χ1v) is 11.6. The quantitative estimate of drug-likeness (QED) is 0.454. The predicted octanol–water partition coefficient (Wildman–Crippen LogP) is 4.39. The van der Waals surface area contributed by atoms with Gasteiger partial charge >= 0.3 is 6.61 Å². The van der Waals surface area contributed by atoms with Crippen molar-refractivity contribution in [3.8, 4) is 5.75 Å². The van der Waals surface area contributed by atoms with E-state index in [9.17, 15) is 13.6 Å². The lowest BCUT2D eigenvalue weighted by atomic mass is 9.84. The summed E-state index contributed by atoms with van der Waals surface area (Å²) in [6.45, 7) is -2.96. The molecule has 0 aliphatic heterocycles. The SMILES string of the molecule is COC(C(=O)Nc1nnc(N[C@H]2CC[C@@H](c3cccnn3)CC2)s1)c1cccc(OC(F)F)c1. The molecule has 9 nitrogen and oxygen atoms in total. The van der Waals surface area contributed by atoms with Crippen LogP contribution in [0.1, 0.15) is 49.0 Å². The number of benzene rings is 1. The first kappa shape index (κ1) is 23.9. The lowest BCUT2D eigenvalue weighted by Crippen LogP contribution is -2.25. The van der Waals surface area contributed by atoms with E-state index >= 15 is 0 Å². The number of carbonyl (C=O) groups is 1. The van der Waals surface area contributed by atoms with Crippen LogP contribution in [0.5, 0.6) is 5.75 Å². The normalized spacial score (nSPS) is 18.9. The van der Waals surface area contributed by atoms with E-state index < -0.39 is 18.6 Å². The number of nitrogens with zero attached hydrogens (tertiary/aromatic N) is 4. The van der Waals surface area contributed by atoms with Gasteiger partial charge in [0.25, 0.3) is 5.91 Å². The summed E-state index contributed by atoms with van der Waals surface area (Å²) in [6.07, 6.45) is 4.58. The summed E-state index contributed by atoms with van der Waals surface area (Å²) >= 11 is 1.22. The van der Waals surface area contributed by atoms with Crippen LogP contribution in [0.15, 0.2) is 42.6 Å². The summed E-state index contributed by atoms with van der Waals surface area (Å²) in [6, 6.07) is 10.0. The zero-order chi connectivity index (χ0) is 23.9. The van der Waals surface area contributed by atoms with Gasteiger partial charge < -0.3 is 14.8 Å². The molecule has 34 heavy (non-hydrogen) atoms. The van der Waals surface area contributed by atoms with Crippen molar-refractivity contribution in [3.63, 3.8) is 0 Å². The predicted molar refractivity (Wildman–Crippen MR) is 122 cm³/mol. The van der Waals surface area contributed by atoms with E-state index in [1.165, 1.54) is 36.6 Å². The molecule has 2 N–H and O–H groups in total.